The lowest BCUT2D eigenvalue weighted by Gasteiger charge is -2.20. The van der Waals surface area contributed by atoms with Gasteiger partial charge in [-0.3, -0.25) is 4.79 Å². The van der Waals surface area contributed by atoms with E-state index in [1.165, 1.54) is 32.1 Å². The predicted octanol–water partition coefficient (Wildman–Crippen LogP) is 5.59. The van der Waals surface area contributed by atoms with Crippen molar-refractivity contribution in [3.05, 3.63) is 42.3 Å². The van der Waals surface area contributed by atoms with Crippen molar-refractivity contribution in [2.24, 2.45) is 5.92 Å². The minimum atomic E-state index is 0.0445. The maximum absolute atomic E-state index is 12.3. The summed E-state index contributed by atoms with van der Waals surface area (Å²) in [6, 6.07) is 7.84. The number of benzene rings is 1. The molecular weight excluding hydrogens is 402 g/mol. The fraction of sp³-hybridized carbons (Fsp3) is 0.577. The van der Waals surface area contributed by atoms with Gasteiger partial charge < -0.3 is 14.2 Å². The number of allylic oxidation sites excluding steroid dienone is 2. The third-order valence-electron chi connectivity index (χ3n) is 6.63. The largest absolute Gasteiger partial charge is 0.489 e. The van der Waals surface area contributed by atoms with Crippen LogP contribution < -0.4 is 4.74 Å². The average molecular weight is 438 g/mol. The van der Waals surface area contributed by atoms with Crippen molar-refractivity contribution in [2.75, 3.05) is 13.1 Å². The van der Waals surface area contributed by atoms with Crippen molar-refractivity contribution >= 4 is 5.91 Å². The van der Waals surface area contributed by atoms with Crippen molar-refractivity contribution in [2.45, 2.75) is 77.2 Å². The van der Waals surface area contributed by atoms with Gasteiger partial charge in [0.2, 0.25) is 17.6 Å². The van der Waals surface area contributed by atoms with E-state index in [2.05, 4.69) is 10.1 Å². The Kier molecular flexibility index (Phi) is 7.97. The highest BCUT2D eigenvalue weighted by atomic mass is 16.5. The monoisotopic (exact) mass is 437 g/mol. The summed E-state index contributed by atoms with van der Waals surface area (Å²) in [5.74, 6) is 3.19. The molecule has 6 nitrogen and oxygen atoms in total. The molecule has 0 bridgehead atoms. The number of carbonyl (C=O) groups is 1. The van der Waals surface area contributed by atoms with Gasteiger partial charge in [-0.05, 0) is 49.9 Å². The summed E-state index contributed by atoms with van der Waals surface area (Å²) >= 11 is 0. The van der Waals surface area contributed by atoms with Crippen LogP contribution in [0.5, 0.6) is 5.75 Å². The van der Waals surface area contributed by atoms with Crippen LogP contribution in [0.4, 0.5) is 0 Å². The second kappa shape index (κ2) is 11.3. The molecule has 0 spiro atoms. The van der Waals surface area contributed by atoms with Crippen molar-refractivity contribution < 1.29 is 14.1 Å². The number of carbonyl (C=O) groups excluding carboxylic acids is 1. The summed E-state index contributed by atoms with van der Waals surface area (Å²) in [4.78, 5) is 18.8. The summed E-state index contributed by atoms with van der Waals surface area (Å²) in [6.45, 7) is 3.40. The van der Waals surface area contributed by atoms with Gasteiger partial charge in [-0.25, -0.2) is 0 Å². The molecule has 1 aromatic carbocycles. The Labute approximate surface area is 191 Å². The number of aryl methyl sites for hydroxylation is 1. The number of hydrogen-bond acceptors (Lipinski definition) is 5. The van der Waals surface area contributed by atoms with Crippen molar-refractivity contribution in [1.29, 1.82) is 0 Å². The first-order valence-electron chi connectivity index (χ1n) is 12.2. The van der Waals surface area contributed by atoms with E-state index in [0.717, 1.165) is 55.3 Å². The third kappa shape index (κ3) is 6.21. The van der Waals surface area contributed by atoms with Crippen molar-refractivity contribution in [3.63, 3.8) is 0 Å². The molecule has 2 aliphatic rings. The van der Waals surface area contributed by atoms with Gasteiger partial charge in [-0.15, -0.1) is 0 Å². The molecule has 2 fully saturated rings. The van der Waals surface area contributed by atoms with Gasteiger partial charge >= 0.3 is 0 Å². The number of nitrogens with zero attached hydrogens (tertiary/aromatic N) is 3. The number of aromatic nitrogens is 2. The Balaban J connectivity index is 1.25. The highest BCUT2D eigenvalue weighted by Gasteiger charge is 2.27. The Bertz CT molecular complexity index is 884. The zero-order valence-corrected chi connectivity index (χ0v) is 19.2. The van der Waals surface area contributed by atoms with E-state index in [1.807, 2.05) is 48.2 Å². The SMILES string of the molecule is C/C=C\CCC(=O)N1CC[C@H](Oc2ccc(-c3noc(CCC4CCCCC4)n3)cc2)C1. The zero-order chi connectivity index (χ0) is 22.2. The van der Waals surface area contributed by atoms with E-state index >= 15 is 0 Å². The predicted molar refractivity (Wildman–Crippen MR) is 124 cm³/mol. The Morgan fingerprint density at radius 2 is 2.00 bits per heavy atom. The summed E-state index contributed by atoms with van der Waals surface area (Å²) in [6.07, 6.45) is 15.1. The highest BCUT2D eigenvalue weighted by Crippen LogP contribution is 2.28. The topological polar surface area (TPSA) is 68.5 Å². The van der Waals surface area contributed by atoms with Crippen LogP contribution >= 0.6 is 0 Å². The first-order chi connectivity index (χ1) is 15.7. The molecule has 32 heavy (non-hydrogen) atoms. The molecule has 0 radical (unpaired) electrons. The third-order valence-corrected chi connectivity index (χ3v) is 6.63. The summed E-state index contributed by atoms with van der Waals surface area (Å²) in [5, 5.41) is 4.17. The van der Waals surface area contributed by atoms with Gasteiger partial charge in [0.25, 0.3) is 0 Å². The van der Waals surface area contributed by atoms with Gasteiger partial charge in [-0.1, -0.05) is 49.4 Å². The molecule has 0 unspecified atom stereocenters. The lowest BCUT2D eigenvalue weighted by atomic mass is 9.86. The maximum atomic E-state index is 12.3. The number of rotatable bonds is 9. The molecule has 1 atom stereocenters. The van der Waals surface area contributed by atoms with Crippen LogP contribution in [0.1, 0.15) is 70.6 Å². The fourth-order valence-electron chi connectivity index (χ4n) is 4.73. The number of amides is 1. The number of likely N-dealkylation sites (tertiary alicyclic amines) is 1. The standard InChI is InChI=1S/C26H35N3O3/c1-2-3-5-10-25(30)29-18-17-23(19-29)31-22-14-12-21(13-15-22)26-27-24(32-28-26)16-11-20-8-6-4-7-9-20/h2-3,12-15,20,23H,4-11,16-19H2,1H3/b3-2-/t23-/m0/s1. The van der Waals surface area contributed by atoms with Crippen LogP contribution in [-0.2, 0) is 11.2 Å². The first-order valence-corrected chi connectivity index (χ1v) is 12.2. The van der Waals surface area contributed by atoms with Gasteiger partial charge in [0, 0.05) is 31.4 Å². The summed E-state index contributed by atoms with van der Waals surface area (Å²) in [7, 11) is 0. The molecule has 1 aliphatic heterocycles. The Morgan fingerprint density at radius 3 is 2.78 bits per heavy atom. The van der Waals surface area contributed by atoms with Crippen LogP contribution in [0.3, 0.4) is 0 Å². The lowest BCUT2D eigenvalue weighted by Crippen LogP contribution is -2.30. The van der Waals surface area contributed by atoms with E-state index in [9.17, 15) is 4.79 Å². The van der Waals surface area contributed by atoms with Crippen LogP contribution in [-0.4, -0.2) is 40.1 Å². The molecule has 6 heteroatoms. The van der Waals surface area contributed by atoms with Crippen LogP contribution in [0, 0.1) is 5.92 Å². The molecule has 1 saturated carbocycles. The molecular formula is C26H35N3O3. The second-order valence-electron chi connectivity index (χ2n) is 9.05. The van der Waals surface area contributed by atoms with Crippen LogP contribution in [0.2, 0.25) is 0 Å². The normalized spacial score (nSPS) is 19.7. The average Bonchev–Trinajstić information content (AvgIpc) is 3.49. The second-order valence-corrected chi connectivity index (χ2v) is 9.05. The van der Waals surface area contributed by atoms with Crippen molar-refractivity contribution in [1.82, 2.24) is 15.0 Å². The van der Waals surface area contributed by atoms with E-state index in [0.29, 0.717) is 18.8 Å². The molecule has 2 aromatic rings. The van der Waals surface area contributed by atoms with E-state index in [1.54, 1.807) is 0 Å². The number of ether oxygens (including phenoxy) is 1. The lowest BCUT2D eigenvalue weighted by molar-refractivity contribution is -0.130. The van der Waals surface area contributed by atoms with Crippen LogP contribution in [0.25, 0.3) is 11.4 Å². The number of hydrogen-bond donors (Lipinski definition) is 0. The smallest absolute Gasteiger partial charge is 0.226 e. The molecule has 1 saturated heterocycles. The Morgan fingerprint density at radius 1 is 1.19 bits per heavy atom. The molecule has 1 amide bonds. The van der Waals surface area contributed by atoms with Gasteiger partial charge in [-0.2, -0.15) is 4.98 Å². The van der Waals surface area contributed by atoms with Gasteiger partial charge in [0.1, 0.15) is 11.9 Å². The Hall–Kier alpha value is -2.63. The van der Waals surface area contributed by atoms with E-state index in [-0.39, 0.29) is 12.0 Å². The first kappa shape index (κ1) is 22.6. The fourth-order valence-corrected chi connectivity index (χ4v) is 4.73. The highest BCUT2D eigenvalue weighted by molar-refractivity contribution is 5.76. The summed E-state index contributed by atoms with van der Waals surface area (Å²) < 4.78 is 11.6. The molecule has 1 aliphatic carbocycles. The summed E-state index contributed by atoms with van der Waals surface area (Å²) in [5.41, 5.74) is 0.928. The van der Waals surface area contributed by atoms with Crippen molar-refractivity contribution in [3.8, 4) is 17.1 Å². The zero-order valence-electron chi connectivity index (χ0n) is 19.2. The van der Waals surface area contributed by atoms with Gasteiger partial charge in [0.15, 0.2) is 0 Å². The molecule has 1 aromatic heterocycles. The molecule has 172 valence electrons. The molecule has 0 N–H and O–H groups in total. The molecule has 2 heterocycles. The van der Waals surface area contributed by atoms with E-state index < -0.39 is 0 Å². The maximum Gasteiger partial charge on any atom is 0.226 e. The van der Waals surface area contributed by atoms with Crippen LogP contribution in [0.15, 0.2) is 40.9 Å². The van der Waals surface area contributed by atoms with E-state index in [4.69, 9.17) is 9.26 Å². The molecule has 4 rings (SSSR count). The minimum absolute atomic E-state index is 0.0445. The minimum Gasteiger partial charge on any atom is -0.489 e. The van der Waals surface area contributed by atoms with Gasteiger partial charge in [0.05, 0.1) is 6.54 Å². The quantitative estimate of drug-likeness (QED) is 0.479.